The third-order valence-electron chi connectivity index (χ3n) is 5.79. The number of nitrogens with zero attached hydrogens (tertiary/aromatic N) is 3. The average molecular weight is 473 g/mol. The lowest BCUT2D eigenvalue weighted by Gasteiger charge is -2.39. The number of carbonyl (C=O) groups excluding carboxylic acids is 3. The Morgan fingerprint density at radius 3 is 2.53 bits per heavy atom. The maximum Gasteiger partial charge on any atom is 0.326 e. The zero-order chi connectivity index (χ0) is 24.6. The van der Waals surface area contributed by atoms with Gasteiger partial charge < -0.3 is 26.2 Å². The molecule has 2 saturated heterocycles. The van der Waals surface area contributed by atoms with Gasteiger partial charge >= 0.3 is 18.0 Å². The first-order valence-electron chi connectivity index (χ1n) is 10.5. The molecule has 3 aliphatic heterocycles. The van der Waals surface area contributed by atoms with Crippen molar-refractivity contribution in [1.29, 1.82) is 0 Å². The summed E-state index contributed by atoms with van der Waals surface area (Å²) in [5, 5.41) is 25.6. The van der Waals surface area contributed by atoms with Crippen LogP contribution in [0.5, 0.6) is 0 Å². The van der Waals surface area contributed by atoms with E-state index >= 15 is 0 Å². The van der Waals surface area contributed by atoms with Gasteiger partial charge in [-0.1, -0.05) is 0 Å². The van der Waals surface area contributed by atoms with Gasteiger partial charge in [0.15, 0.2) is 12.3 Å². The highest BCUT2D eigenvalue weighted by Crippen LogP contribution is 2.29. The monoisotopic (exact) mass is 473 g/mol. The number of anilines is 1. The SMILES string of the molecule is NC1NC(=O)C2C(=NC[C@@H]3CN(c4ccc(C(=O)N[C@@H](CCC(=O)O)C(=O)O)cc4)C(=O)N23)N1. The molecular weight excluding hydrogens is 450 g/mol. The normalized spacial score (nSPS) is 24.3. The van der Waals surface area contributed by atoms with E-state index in [1.807, 2.05) is 0 Å². The highest BCUT2D eigenvalue weighted by Gasteiger charge is 2.50. The van der Waals surface area contributed by atoms with Crippen molar-refractivity contribution in [3.63, 3.8) is 0 Å². The van der Waals surface area contributed by atoms with Gasteiger partial charge in [0, 0.05) is 17.7 Å². The molecule has 2 unspecified atom stereocenters. The first-order chi connectivity index (χ1) is 16.2. The molecule has 4 atom stereocenters. The number of rotatable bonds is 7. The number of amides is 4. The van der Waals surface area contributed by atoms with Crippen LogP contribution in [0.4, 0.5) is 10.5 Å². The van der Waals surface area contributed by atoms with Crippen molar-refractivity contribution in [3.05, 3.63) is 29.8 Å². The number of carboxylic acid groups (broad SMARTS) is 2. The maximum atomic E-state index is 13.2. The Balaban J connectivity index is 1.45. The standard InChI is InChI=1S/C20H23N7O7/c21-19-24-15-14(17(31)25-19)27-11(7-22-15)8-26(20(27)34)10-3-1-9(2-4-10)16(30)23-12(18(32)33)5-6-13(28)29/h1-4,11-12,14,19H,5-8,21H2,(H,22,24)(H,23,30)(H,25,31)(H,28,29)(H,32,33)/t11-,12+,14?,19?/m1/s1. The molecule has 4 rings (SSSR count). The van der Waals surface area contributed by atoms with Gasteiger partial charge in [-0.15, -0.1) is 0 Å². The molecule has 7 N–H and O–H groups in total. The number of nitrogens with one attached hydrogen (secondary N) is 3. The van der Waals surface area contributed by atoms with E-state index in [1.165, 1.54) is 34.1 Å². The average Bonchev–Trinajstić information content (AvgIpc) is 3.12. The van der Waals surface area contributed by atoms with Crippen LogP contribution in [0.1, 0.15) is 23.2 Å². The van der Waals surface area contributed by atoms with Crippen molar-refractivity contribution >= 4 is 41.3 Å². The Hall–Kier alpha value is -4.20. The summed E-state index contributed by atoms with van der Waals surface area (Å²) >= 11 is 0. The predicted octanol–water partition coefficient (Wildman–Crippen LogP) is -1.91. The molecule has 34 heavy (non-hydrogen) atoms. The van der Waals surface area contributed by atoms with Crippen molar-refractivity contribution in [2.75, 3.05) is 18.0 Å². The van der Waals surface area contributed by atoms with Crippen LogP contribution in [0.15, 0.2) is 29.3 Å². The van der Waals surface area contributed by atoms with Crippen LogP contribution in [-0.2, 0) is 14.4 Å². The summed E-state index contributed by atoms with van der Waals surface area (Å²) < 4.78 is 0. The molecular formula is C20H23N7O7. The van der Waals surface area contributed by atoms with Gasteiger partial charge in [0.1, 0.15) is 11.9 Å². The summed E-state index contributed by atoms with van der Waals surface area (Å²) in [6.45, 7) is 0.585. The Labute approximate surface area is 192 Å². The first-order valence-corrected chi connectivity index (χ1v) is 10.5. The van der Waals surface area contributed by atoms with Crippen molar-refractivity contribution in [3.8, 4) is 0 Å². The Kier molecular flexibility index (Phi) is 6.06. The molecule has 180 valence electrons. The van der Waals surface area contributed by atoms with E-state index in [9.17, 15) is 29.1 Å². The molecule has 0 aliphatic carbocycles. The van der Waals surface area contributed by atoms with Crippen LogP contribution in [0.2, 0.25) is 0 Å². The molecule has 3 aliphatic rings. The largest absolute Gasteiger partial charge is 0.481 e. The summed E-state index contributed by atoms with van der Waals surface area (Å²) in [4.78, 5) is 67.4. The van der Waals surface area contributed by atoms with Gasteiger partial charge in [-0.2, -0.15) is 0 Å². The smallest absolute Gasteiger partial charge is 0.326 e. The number of carboxylic acids is 2. The van der Waals surface area contributed by atoms with Crippen LogP contribution in [0, 0.1) is 0 Å². The Bertz CT molecular complexity index is 1070. The molecule has 1 aromatic carbocycles. The summed E-state index contributed by atoms with van der Waals surface area (Å²) in [5.41, 5.74) is 6.34. The number of fused-ring (bicyclic) bond motifs is 3. The van der Waals surface area contributed by atoms with Gasteiger partial charge in [0.05, 0.1) is 19.1 Å². The van der Waals surface area contributed by atoms with E-state index in [2.05, 4.69) is 20.9 Å². The minimum absolute atomic E-state index is 0.144. The van der Waals surface area contributed by atoms with Gasteiger partial charge in [-0.05, 0) is 30.7 Å². The summed E-state index contributed by atoms with van der Waals surface area (Å²) in [5.74, 6) is -3.28. The van der Waals surface area contributed by atoms with Crippen LogP contribution < -0.4 is 26.6 Å². The van der Waals surface area contributed by atoms with Crippen molar-refractivity contribution < 1.29 is 34.2 Å². The summed E-state index contributed by atoms with van der Waals surface area (Å²) in [7, 11) is 0. The van der Waals surface area contributed by atoms with E-state index in [4.69, 9.17) is 10.8 Å². The first kappa shape index (κ1) is 23.0. The van der Waals surface area contributed by atoms with E-state index in [1.54, 1.807) is 0 Å². The maximum absolute atomic E-state index is 13.2. The third kappa shape index (κ3) is 4.34. The fourth-order valence-corrected chi connectivity index (χ4v) is 4.14. The third-order valence-corrected chi connectivity index (χ3v) is 5.79. The zero-order valence-corrected chi connectivity index (χ0v) is 17.8. The van der Waals surface area contributed by atoms with E-state index in [0.29, 0.717) is 18.1 Å². The molecule has 0 aromatic heterocycles. The number of hydrogen-bond acceptors (Lipinski definition) is 8. The number of amidine groups is 1. The zero-order valence-electron chi connectivity index (χ0n) is 17.8. The number of nitrogens with two attached hydrogens (primary N) is 1. The van der Waals surface area contributed by atoms with Crippen molar-refractivity contribution in [2.45, 2.75) is 37.3 Å². The number of urea groups is 1. The number of aliphatic imine (C=N–C) groups is 1. The van der Waals surface area contributed by atoms with Crippen molar-refractivity contribution in [1.82, 2.24) is 20.9 Å². The van der Waals surface area contributed by atoms with Gasteiger partial charge in [0.2, 0.25) is 0 Å². The highest BCUT2D eigenvalue weighted by molar-refractivity contribution is 6.13. The highest BCUT2D eigenvalue weighted by atomic mass is 16.4. The molecule has 3 heterocycles. The fourth-order valence-electron chi connectivity index (χ4n) is 4.14. The number of benzene rings is 1. The minimum Gasteiger partial charge on any atom is -0.481 e. The van der Waals surface area contributed by atoms with Crippen LogP contribution in [-0.4, -0.2) is 88.2 Å². The van der Waals surface area contributed by atoms with Gasteiger partial charge in [-0.25, -0.2) is 9.59 Å². The number of carbonyl (C=O) groups is 5. The lowest BCUT2D eigenvalue weighted by Crippen LogP contribution is -2.71. The minimum atomic E-state index is -1.35. The van der Waals surface area contributed by atoms with E-state index in [-0.39, 0.29) is 24.6 Å². The van der Waals surface area contributed by atoms with Crippen LogP contribution >= 0.6 is 0 Å². The topological polar surface area (TPSA) is 207 Å². The Morgan fingerprint density at radius 2 is 1.88 bits per heavy atom. The predicted molar refractivity (Wildman–Crippen MR) is 116 cm³/mol. The molecule has 2 fully saturated rings. The number of aliphatic carboxylic acids is 2. The lowest BCUT2D eigenvalue weighted by molar-refractivity contribution is -0.140. The van der Waals surface area contributed by atoms with Crippen LogP contribution in [0.3, 0.4) is 0 Å². The van der Waals surface area contributed by atoms with E-state index in [0.717, 1.165) is 0 Å². The molecule has 0 radical (unpaired) electrons. The second-order valence-corrected chi connectivity index (χ2v) is 8.06. The molecule has 4 amide bonds. The number of hydrogen-bond donors (Lipinski definition) is 6. The quantitative estimate of drug-likeness (QED) is 0.261. The molecule has 0 spiro atoms. The molecule has 0 saturated carbocycles. The molecule has 0 bridgehead atoms. The van der Waals surface area contributed by atoms with Gasteiger partial charge in [0.25, 0.3) is 11.8 Å². The Morgan fingerprint density at radius 1 is 1.18 bits per heavy atom. The molecule has 14 heteroatoms. The van der Waals surface area contributed by atoms with E-state index < -0.39 is 54.6 Å². The molecule has 1 aromatic rings. The van der Waals surface area contributed by atoms with Crippen molar-refractivity contribution in [2.24, 2.45) is 10.7 Å². The second-order valence-electron chi connectivity index (χ2n) is 8.06. The summed E-state index contributed by atoms with van der Waals surface area (Å²) in [6.07, 6.45) is -1.44. The summed E-state index contributed by atoms with van der Waals surface area (Å²) in [6, 6.07) is 2.97. The van der Waals surface area contributed by atoms with Gasteiger partial charge in [-0.3, -0.25) is 34.9 Å². The molecule has 14 nitrogen and oxygen atoms in total. The fraction of sp³-hybridized carbons (Fsp3) is 0.400. The van der Waals surface area contributed by atoms with Crippen LogP contribution in [0.25, 0.3) is 0 Å². The lowest BCUT2D eigenvalue weighted by atomic mass is 10.1. The second kappa shape index (κ2) is 8.97.